The fourth-order valence-corrected chi connectivity index (χ4v) is 3.57. The number of amides is 2. The van der Waals surface area contributed by atoms with Crippen molar-refractivity contribution in [3.8, 4) is 0 Å². The van der Waals surface area contributed by atoms with Crippen LogP contribution in [0.4, 0.5) is 10.2 Å². The van der Waals surface area contributed by atoms with Crippen molar-refractivity contribution in [1.82, 2.24) is 9.88 Å². The number of para-hydroxylation sites is 1. The van der Waals surface area contributed by atoms with Gasteiger partial charge in [0.05, 0.1) is 12.6 Å². The van der Waals surface area contributed by atoms with Gasteiger partial charge in [0.2, 0.25) is 11.8 Å². The molecular formula is C23H24ClFN4O3. The Labute approximate surface area is 190 Å². The van der Waals surface area contributed by atoms with Gasteiger partial charge in [-0.25, -0.2) is 9.37 Å². The van der Waals surface area contributed by atoms with E-state index in [4.69, 9.17) is 10.2 Å². The Hall–Kier alpha value is -3.23. The monoisotopic (exact) mass is 458 g/mol. The number of carbonyl (C=O) groups is 2. The highest BCUT2D eigenvalue weighted by atomic mass is 35.5. The number of halogens is 2. The van der Waals surface area contributed by atoms with Crippen LogP contribution in [0, 0.1) is 12.7 Å². The SMILES string of the molecule is Cc1c(CN(C)C(=O)/C=C/c2cnc3c(c2)CC[C@H](N)C(=O)N3)oc2c(F)cccc12.Cl. The van der Waals surface area contributed by atoms with E-state index in [2.05, 4.69) is 10.3 Å². The Kier molecular flexibility index (Phi) is 6.96. The number of nitrogens with two attached hydrogens (primary N) is 1. The minimum absolute atomic E-state index is 0. The summed E-state index contributed by atoms with van der Waals surface area (Å²) in [5.74, 6) is 0.153. The van der Waals surface area contributed by atoms with Crippen LogP contribution in [0.5, 0.6) is 0 Å². The van der Waals surface area contributed by atoms with Crippen LogP contribution in [0.15, 0.2) is 41.0 Å². The molecular weight excluding hydrogens is 435 g/mol. The molecule has 0 spiro atoms. The van der Waals surface area contributed by atoms with Crippen LogP contribution in [0.2, 0.25) is 0 Å². The molecule has 0 fully saturated rings. The van der Waals surface area contributed by atoms with Crippen molar-refractivity contribution in [1.29, 1.82) is 0 Å². The maximum atomic E-state index is 14.0. The number of nitrogens with one attached hydrogen (secondary N) is 1. The fourth-order valence-electron chi connectivity index (χ4n) is 3.57. The Morgan fingerprint density at radius 1 is 1.44 bits per heavy atom. The zero-order chi connectivity index (χ0) is 22.1. The molecule has 1 aliphatic heterocycles. The molecule has 7 nitrogen and oxygen atoms in total. The highest BCUT2D eigenvalue weighted by molar-refractivity contribution is 5.95. The molecule has 2 aromatic heterocycles. The van der Waals surface area contributed by atoms with Crippen molar-refractivity contribution >= 4 is 47.1 Å². The number of pyridine rings is 1. The fraction of sp³-hybridized carbons (Fsp3) is 0.261. The third-order valence-electron chi connectivity index (χ3n) is 5.48. The summed E-state index contributed by atoms with van der Waals surface area (Å²) >= 11 is 0. The molecule has 0 saturated heterocycles. The van der Waals surface area contributed by atoms with Gasteiger partial charge in [-0.3, -0.25) is 9.59 Å². The van der Waals surface area contributed by atoms with E-state index < -0.39 is 11.9 Å². The highest BCUT2D eigenvalue weighted by Gasteiger charge is 2.21. The van der Waals surface area contributed by atoms with Gasteiger partial charge < -0.3 is 20.4 Å². The van der Waals surface area contributed by atoms with Crippen molar-refractivity contribution < 1.29 is 18.4 Å². The maximum Gasteiger partial charge on any atom is 0.246 e. The maximum absolute atomic E-state index is 14.0. The van der Waals surface area contributed by atoms with E-state index in [1.165, 1.54) is 17.0 Å². The average molecular weight is 459 g/mol. The summed E-state index contributed by atoms with van der Waals surface area (Å²) in [6.07, 6.45) is 5.87. The van der Waals surface area contributed by atoms with Gasteiger partial charge in [-0.2, -0.15) is 0 Å². The quantitative estimate of drug-likeness (QED) is 0.582. The number of likely N-dealkylation sites (N-methyl/N-ethyl adjacent to an activating group) is 1. The number of fused-ring (bicyclic) bond motifs is 2. The average Bonchev–Trinajstić information content (AvgIpc) is 2.99. The Morgan fingerprint density at radius 2 is 2.22 bits per heavy atom. The number of nitrogens with zero attached hydrogens (tertiary/aromatic N) is 2. The van der Waals surface area contributed by atoms with E-state index in [1.54, 1.807) is 31.5 Å². The van der Waals surface area contributed by atoms with Gasteiger partial charge in [-0.15, -0.1) is 12.4 Å². The minimum atomic E-state index is -0.557. The zero-order valence-corrected chi connectivity index (χ0v) is 18.5. The van der Waals surface area contributed by atoms with Crippen LogP contribution in [0.25, 0.3) is 17.0 Å². The van der Waals surface area contributed by atoms with Crippen LogP contribution in [-0.2, 0) is 22.6 Å². The Balaban J connectivity index is 0.00000289. The summed E-state index contributed by atoms with van der Waals surface area (Å²) in [7, 11) is 1.65. The number of carbonyl (C=O) groups excluding carboxylic acids is 2. The lowest BCUT2D eigenvalue weighted by Crippen LogP contribution is -2.34. The Morgan fingerprint density at radius 3 is 2.97 bits per heavy atom. The summed E-state index contributed by atoms with van der Waals surface area (Å²) in [4.78, 5) is 30.2. The topological polar surface area (TPSA) is 101 Å². The smallest absolute Gasteiger partial charge is 0.246 e. The third-order valence-corrected chi connectivity index (χ3v) is 5.48. The van der Waals surface area contributed by atoms with Gasteiger partial charge in [0.1, 0.15) is 11.6 Å². The second-order valence-corrected chi connectivity index (χ2v) is 7.71. The summed E-state index contributed by atoms with van der Waals surface area (Å²) in [5.41, 5.74) is 8.44. The molecule has 1 atom stereocenters. The summed E-state index contributed by atoms with van der Waals surface area (Å²) < 4.78 is 19.6. The minimum Gasteiger partial charge on any atom is -0.456 e. The van der Waals surface area contributed by atoms with Crippen LogP contribution < -0.4 is 11.1 Å². The first-order valence-corrected chi connectivity index (χ1v) is 9.98. The summed E-state index contributed by atoms with van der Waals surface area (Å²) in [6.45, 7) is 2.07. The second-order valence-electron chi connectivity index (χ2n) is 7.71. The number of hydrogen-bond acceptors (Lipinski definition) is 5. The lowest BCUT2D eigenvalue weighted by Gasteiger charge is -2.14. The number of hydrogen-bond donors (Lipinski definition) is 2. The normalized spacial score (nSPS) is 15.8. The molecule has 9 heteroatoms. The molecule has 0 saturated carbocycles. The molecule has 0 aliphatic carbocycles. The molecule has 2 amide bonds. The van der Waals surface area contributed by atoms with E-state index in [0.29, 0.717) is 29.8 Å². The lowest BCUT2D eigenvalue weighted by atomic mass is 10.1. The molecule has 3 N–H and O–H groups in total. The van der Waals surface area contributed by atoms with Crippen molar-refractivity contribution in [2.24, 2.45) is 5.73 Å². The van der Waals surface area contributed by atoms with E-state index in [0.717, 1.165) is 16.7 Å². The molecule has 0 radical (unpaired) electrons. The summed E-state index contributed by atoms with van der Waals surface area (Å²) in [6, 6.07) is 6.11. The van der Waals surface area contributed by atoms with Gasteiger partial charge in [0.25, 0.3) is 0 Å². The van der Waals surface area contributed by atoms with Crippen molar-refractivity contribution in [2.75, 3.05) is 12.4 Å². The zero-order valence-electron chi connectivity index (χ0n) is 17.7. The highest BCUT2D eigenvalue weighted by Crippen LogP contribution is 2.28. The van der Waals surface area contributed by atoms with Crippen LogP contribution in [-0.4, -0.2) is 34.8 Å². The van der Waals surface area contributed by atoms with Crippen LogP contribution >= 0.6 is 12.4 Å². The molecule has 3 heterocycles. The van der Waals surface area contributed by atoms with Gasteiger partial charge in [0.15, 0.2) is 11.4 Å². The predicted molar refractivity (Wildman–Crippen MR) is 123 cm³/mol. The van der Waals surface area contributed by atoms with E-state index in [-0.39, 0.29) is 36.3 Å². The van der Waals surface area contributed by atoms with Gasteiger partial charge in [-0.05, 0) is 49.1 Å². The van der Waals surface area contributed by atoms with Crippen LogP contribution in [0.3, 0.4) is 0 Å². The molecule has 0 unspecified atom stereocenters. The van der Waals surface area contributed by atoms with E-state index in [1.807, 2.05) is 13.0 Å². The standard InChI is InChI=1S/C23H23FN4O3.ClH/c1-13-16-4-3-5-17(24)21(16)31-19(13)12-28(2)20(29)9-6-14-10-15-7-8-18(25)23(30)27-22(15)26-11-14;/h3-6,9-11,18H,7-8,12,25H2,1-2H3,(H,26,27,30);1H/b9-6+;/t18-;/m0./s1. The van der Waals surface area contributed by atoms with Crippen molar-refractivity contribution in [2.45, 2.75) is 32.4 Å². The third kappa shape index (κ3) is 4.66. The van der Waals surface area contributed by atoms with Crippen LogP contribution in [0.1, 0.15) is 28.9 Å². The first-order valence-electron chi connectivity index (χ1n) is 9.98. The molecule has 3 aromatic rings. The Bertz CT molecular complexity index is 1210. The predicted octanol–water partition coefficient (Wildman–Crippen LogP) is 3.58. The van der Waals surface area contributed by atoms with Gasteiger partial charge in [-0.1, -0.05) is 12.1 Å². The molecule has 32 heavy (non-hydrogen) atoms. The number of benzene rings is 1. The van der Waals surface area contributed by atoms with Crippen molar-refractivity contribution in [3.05, 3.63) is 64.8 Å². The van der Waals surface area contributed by atoms with Gasteiger partial charge >= 0.3 is 0 Å². The molecule has 168 valence electrons. The number of aryl methyl sites for hydroxylation is 2. The number of anilines is 1. The molecule has 4 rings (SSSR count). The first-order chi connectivity index (χ1) is 14.8. The van der Waals surface area contributed by atoms with Crippen molar-refractivity contribution in [3.63, 3.8) is 0 Å². The largest absolute Gasteiger partial charge is 0.456 e. The number of furan rings is 1. The lowest BCUT2D eigenvalue weighted by molar-refractivity contribution is -0.125. The number of aromatic nitrogens is 1. The van der Waals surface area contributed by atoms with E-state index in [9.17, 15) is 14.0 Å². The molecule has 1 aromatic carbocycles. The molecule has 1 aliphatic rings. The second kappa shape index (κ2) is 9.50. The van der Waals surface area contributed by atoms with E-state index >= 15 is 0 Å². The number of rotatable bonds is 4. The summed E-state index contributed by atoms with van der Waals surface area (Å²) in [5, 5.41) is 3.42. The van der Waals surface area contributed by atoms with Gasteiger partial charge in [0, 0.05) is 30.3 Å². The first kappa shape index (κ1) is 23.4. The molecule has 0 bridgehead atoms.